The number of hydrogen-bond acceptors (Lipinski definition) is 3. The molecule has 1 heterocycles. The predicted octanol–water partition coefficient (Wildman–Crippen LogP) is 3.13. The zero-order chi connectivity index (χ0) is 14.5. The number of hydrogen-bond donors (Lipinski definition) is 1. The van der Waals surface area contributed by atoms with Gasteiger partial charge in [-0.2, -0.15) is 0 Å². The van der Waals surface area contributed by atoms with E-state index in [2.05, 4.69) is 16.3 Å². The minimum atomic E-state index is -0.211. The maximum absolute atomic E-state index is 13.1. The molecule has 0 aliphatic carbocycles. The van der Waals surface area contributed by atoms with Crippen LogP contribution in [0, 0.1) is 5.82 Å². The molecule has 0 unspecified atom stereocenters. The van der Waals surface area contributed by atoms with E-state index in [9.17, 15) is 4.39 Å². The summed E-state index contributed by atoms with van der Waals surface area (Å²) in [5, 5.41) is 3.25. The molecule has 1 aliphatic rings. The molecule has 1 aliphatic heterocycles. The van der Waals surface area contributed by atoms with Crippen LogP contribution in [0.5, 0.6) is 5.75 Å². The molecule has 3 nitrogen and oxygen atoms in total. The van der Waals surface area contributed by atoms with Crippen molar-refractivity contribution in [2.45, 2.75) is 6.54 Å². The third-order valence-electron chi connectivity index (χ3n) is 3.61. The first-order valence-electron chi connectivity index (χ1n) is 7.24. The Labute approximate surface area is 124 Å². The fourth-order valence-corrected chi connectivity index (χ4v) is 2.53. The van der Waals surface area contributed by atoms with Gasteiger partial charge in [0.25, 0.3) is 0 Å². The SMILES string of the molecule is Fc1cccc(NCCN2CCOc3ccccc3C2)c1. The Morgan fingerprint density at radius 1 is 1.14 bits per heavy atom. The lowest BCUT2D eigenvalue weighted by Gasteiger charge is -2.19. The Morgan fingerprint density at radius 3 is 2.95 bits per heavy atom. The van der Waals surface area contributed by atoms with Gasteiger partial charge in [-0.15, -0.1) is 0 Å². The standard InChI is InChI=1S/C17H19FN2O/c18-15-5-3-6-16(12-15)19-8-9-20-10-11-21-17-7-2-1-4-14(17)13-20/h1-7,12,19H,8-11,13H2. The summed E-state index contributed by atoms with van der Waals surface area (Å²) >= 11 is 0. The van der Waals surface area contributed by atoms with Gasteiger partial charge in [0.1, 0.15) is 18.2 Å². The third kappa shape index (κ3) is 3.73. The number of anilines is 1. The van der Waals surface area contributed by atoms with E-state index in [4.69, 9.17) is 4.74 Å². The zero-order valence-electron chi connectivity index (χ0n) is 11.9. The van der Waals surface area contributed by atoms with Crippen LogP contribution in [0.3, 0.4) is 0 Å². The van der Waals surface area contributed by atoms with Crippen molar-refractivity contribution < 1.29 is 9.13 Å². The quantitative estimate of drug-likeness (QED) is 0.934. The molecule has 0 saturated carbocycles. The van der Waals surface area contributed by atoms with E-state index in [0.29, 0.717) is 6.61 Å². The zero-order valence-corrected chi connectivity index (χ0v) is 11.9. The molecule has 0 spiro atoms. The Hall–Kier alpha value is -2.07. The number of para-hydroxylation sites is 1. The fourth-order valence-electron chi connectivity index (χ4n) is 2.53. The summed E-state index contributed by atoms with van der Waals surface area (Å²) < 4.78 is 18.8. The summed E-state index contributed by atoms with van der Waals surface area (Å²) in [6.45, 7) is 4.18. The van der Waals surface area contributed by atoms with Crippen LogP contribution in [-0.2, 0) is 6.54 Å². The van der Waals surface area contributed by atoms with Crippen LogP contribution in [-0.4, -0.2) is 31.1 Å². The molecule has 0 bridgehead atoms. The number of fused-ring (bicyclic) bond motifs is 1. The van der Waals surface area contributed by atoms with E-state index in [1.165, 1.54) is 17.7 Å². The second-order valence-corrected chi connectivity index (χ2v) is 5.17. The normalized spacial score (nSPS) is 14.9. The topological polar surface area (TPSA) is 24.5 Å². The van der Waals surface area contributed by atoms with Gasteiger partial charge in [0.2, 0.25) is 0 Å². The van der Waals surface area contributed by atoms with Crippen molar-refractivity contribution in [1.29, 1.82) is 0 Å². The van der Waals surface area contributed by atoms with Crippen LogP contribution >= 0.6 is 0 Å². The van der Waals surface area contributed by atoms with Crippen molar-refractivity contribution in [2.75, 3.05) is 31.6 Å². The van der Waals surface area contributed by atoms with E-state index < -0.39 is 0 Å². The van der Waals surface area contributed by atoms with Crippen LogP contribution in [0.4, 0.5) is 10.1 Å². The molecule has 2 aromatic carbocycles. The van der Waals surface area contributed by atoms with Gasteiger partial charge in [-0.3, -0.25) is 4.90 Å². The van der Waals surface area contributed by atoms with Crippen molar-refractivity contribution in [3.8, 4) is 5.75 Å². The average Bonchev–Trinajstić information content (AvgIpc) is 2.69. The first-order valence-corrected chi connectivity index (χ1v) is 7.24. The van der Waals surface area contributed by atoms with Gasteiger partial charge in [0, 0.05) is 37.4 Å². The molecule has 110 valence electrons. The van der Waals surface area contributed by atoms with E-state index >= 15 is 0 Å². The molecule has 0 atom stereocenters. The summed E-state index contributed by atoms with van der Waals surface area (Å²) in [5.41, 5.74) is 2.04. The number of halogens is 1. The lowest BCUT2D eigenvalue weighted by molar-refractivity contribution is 0.232. The van der Waals surface area contributed by atoms with Crippen LogP contribution in [0.1, 0.15) is 5.56 Å². The van der Waals surface area contributed by atoms with Crippen LogP contribution in [0.25, 0.3) is 0 Å². The van der Waals surface area contributed by atoms with E-state index in [1.54, 1.807) is 6.07 Å². The molecule has 3 rings (SSSR count). The minimum Gasteiger partial charge on any atom is -0.492 e. The van der Waals surface area contributed by atoms with Crippen molar-refractivity contribution in [3.63, 3.8) is 0 Å². The summed E-state index contributed by atoms with van der Waals surface area (Å²) in [6, 6.07) is 14.7. The molecular weight excluding hydrogens is 267 g/mol. The summed E-state index contributed by atoms with van der Waals surface area (Å²) in [6.07, 6.45) is 0. The molecule has 0 amide bonds. The number of benzene rings is 2. The first kappa shape index (κ1) is 13.9. The third-order valence-corrected chi connectivity index (χ3v) is 3.61. The van der Waals surface area contributed by atoms with E-state index in [0.717, 1.165) is 37.6 Å². The molecule has 0 fully saturated rings. The molecule has 1 N–H and O–H groups in total. The monoisotopic (exact) mass is 286 g/mol. The number of ether oxygens (including phenoxy) is 1. The maximum atomic E-state index is 13.1. The highest BCUT2D eigenvalue weighted by Gasteiger charge is 2.14. The molecule has 0 aromatic heterocycles. The summed E-state index contributed by atoms with van der Waals surface area (Å²) in [4.78, 5) is 2.35. The van der Waals surface area contributed by atoms with Gasteiger partial charge in [-0.25, -0.2) is 4.39 Å². The van der Waals surface area contributed by atoms with Crippen molar-refractivity contribution in [1.82, 2.24) is 4.90 Å². The van der Waals surface area contributed by atoms with Gasteiger partial charge in [-0.05, 0) is 24.3 Å². The lowest BCUT2D eigenvalue weighted by Crippen LogP contribution is -2.30. The van der Waals surface area contributed by atoms with Crippen molar-refractivity contribution in [2.24, 2.45) is 0 Å². The first-order chi connectivity index (χ1) is 10.3. The summed E-state index contributed by atoms with van der Waals surface area (Å²) in [7, 11) is 0. The van der Waals surface area contributed by atoms with Gasteiger partial charge in [0.15, 0.2) is 0 Å². The van der Waals surface area contributed by atoms with Crippen molar-refractivity contribution in [3.05, 3.63) is 59.9 Å². The van der Waals surface area contributed by atoms with Crippen LogP contribution in [0.2, 0.25) is 0 Å². The number of nitrogens with zero attached hydrogens (tertiary/aromatic N) is 1. The Bertz CT molecular complexity index is 603. The highest BCUT2D eigenvalue weighted by atomic mass is 19.1. The van der Waals surface area contributed by atoms with Crippen LogP contribution < -0.4 is 10.1 Å². The fraction of sp³-hybridized carbons (Fsp3) is 0.294. The second-order valence-electron chi connectivity index (χ2n) is 5.17. The molecule has 21 heavy (non-hydrogen) atoms. The number of nitrogens with one attached hydrogen (secondary N) is 1. The Kier molecular flexibility index (Phi) is 4.36. The smallest absolute Gasteiger partial charge is 0.125 e. The largest absolute Gasteiger partial charge is 0.492 e. The minimum absolute atomic E-state index is 0.211. The Balaban J connectivity index is 1.54. The summed E-state index contributed by atoms with van der Waals surface area (Å²) in [5.74, 6) is 0.773. The maximum Gasteiger partial charge on any atom is 0.125 e. The molecular formula is C17H19FN2O. The highest BCUT2D eigenvalue weighted by molar-refractivity contribution is 5.43. The van der Waals surface area contributed by atoms with Crippen molar-refractivity contribution >= 4 is 5.69 Å². The van der Waals surface area contributed by atoms with Crippen LogP contribution in [0.15, 0.2) is 48.5 Å². The Morgan fingerprint density at radius 2 is 2.05 bits per heavy atom. The predicted molar refractivity (Wildman–Crippen MR) is 82.1 cm³/mol. The number of rotatable bonds is 4. The average molecular weight is 286 g/mol. The molecule has 0 saturated heterocycles. The van der Waals surface area contributed by atoms with Gasteiger partial charge in [0.05, 0.1) is 0 Å². The molecule has 4 heteroatoms. The molecule has 2 aromatic rings. The highest BCUT2D eigenvalue weighted by Crippen LogP contribution is 2.22. The van der Waals surface area contributed by atoms with E-state index in [1.807, 2.05) is 24.3 Å². The molecule has 0 radical (unpaired) electrons. The van der Waals surface area contributed by atoms with Gasteiger partial charge < -0.3 is 10.1 Å². The van der Waals surface area contributed by atoms with E-state index in [-0.39, 0.29) is 5.82 Å². The van der Waals surface area contributed by atoms with Gasteiger partial charge in [-0.1, -0.05) is 24.3 Å². The second kappa shape index (κ2) is 6.59. The lowest BCUT2D eigenvalue weighted by atomic mass is 10.2. The van der Waals surface area contributed by atoms with Gasteiger partial charge >= 0.3 is 0 Å².